The number of unbranched alkanes of at least 4 members (excludes halogenated alkanes) is 14. The highest BCUT2D eigenvalue weighted by molar-refractivity contribution is 5.50. The zero-order valence-electron chi connectivity index (χ0n) is 18.7. The number of phenols is 1. The number of methoxy groups -OCH3 is 2. The summed E-state index contributed by atoms with van der Waals surface area (Å²) in [6.07, 6.45) is 21.3. The summed E-state index contributed by atoms with van der Waals surface area (Å²) >= 11 is 0. The Morgan fingerprint density at radius 3 is 1.54 bits per heavy atom. The van der Waals surface area contributed by atoms with Crippen LogP contribution >= 0.6 is 0 Å². The molecule has 0 atom stereocenters. The molecule has 0 aliphatic rings. The predicted molar refractivity (Wildman–Crippen MR) is 120 cm³/mol. The van der Waals surface area contributed by atoms with E-state index in [0.29, 0.717) is 5.75 Å². The zero-order chi connectivity index (χ0) is 20.5. The van der Waals surface area contributed by atoms with Crippen molar-refractivity contribution < 1.29 is 14.6 Å². The van der Waals surface area contributed by atoms with Gasteiger partial charge >= 0.3 is 0 Å². The van der Waals surface area contributed by atoms with E-state index in [1.807, 2.05) is 6.07 Å². The molecule has 0 aliphatic heterocycles. The zero-order valence-corrected chi connectivity index (χ0v) is 18.7. The van der Waals surface area contributed by atoms with Crippen LogP contribution in [0.2, 0.25) is 0 Å². The fourth-order valence-electron chi connectivity index (χ4n) is 3.83. The number of rotatable bonds is 18. The second-order valence-corrected chi connectivity index (χ2v) is 8.03. The van der Waals surface area contributed by atoms with Gasteiger partial charge in [-0.1, -0.05) is 96.8 Å². The molecule has 3 heteroatoms. The van der Waals surface area contributed by atoms with Crippen molar-refractivity contribution in [2.24, 2.45) is 0 Å². The fourth-order valence-corrected chi connectivity index (χ4v) is 3.83. The third-order valence-corrected chi connectivity index (χ3v) is 5.64. The Balaban J connectivity index is 1.98. The van der Waals surface area contributed by atoms with Crippen molar-refractivity contribution in [3.63, 3.8) is 0 Å². The normalized spacial score (nSPS) is 11.0. The van der Waals surface area contributed by atoms with Crippen LogP contribution in [-0.4, -0.2) is 19.3 Å². The van der Waals surface area contributed by atoms with Gasteiger partial charge in [0.05, 0.1) is 14.2 Å². The fraction of sp³-hybridized carbons (Fsp3) is 0.760. The average Bonchev–Trinajstić information content (AvgIpc) is 2.71. The SMILES string of the molecule is CCCCCCCCCCCCCCCCCc1c(O)cc(OC)cc1OC. The summed E-state index contributed by atoms with van der Waals surface area (Å²) in [5.41, 5.74) is 0.901. The molecule has 3 nitrogen and oxygen atoms in total. The first kappa shape index (κ1) is 24.7. The van der Waals surface area contributed by atoms with Gasteiger partial charge in [0.2, 0.25) is 0 Å². The summed E-state index contributed by atoms with van der Waals surface area (Å²) in [5, 5.41) is 10.2. The molecule has 0 fully saturated rings. The van der Waals surface area contributed by atoms with Gasteiger partial charge in [-0.2, -0.15) is 0 Å². The first-order chi connectivity index (χ1) is 13.7. The second kappa shape index (κ2) is 16.6. The lowest BCUT2D eigenvalue weighted by Gasteiger charge is -2.12. The number of hydrogen-bond acceptors (Lipinski definition) is 3. The van der Waals surface area contributed by atoms with Crippen molar-refractivity contribution in [1.82, 2.24) is 0 Å². The highest BCUT2D eigenvalue weighted by Gasteiger charge is 2.11. The molecule has 1 N–H and O–H groups in total. The van der Waals surface area contributed by atoms with E-state index in [-0.39, 0.29) is 5.75 Å². The van der Waals surface area contributed by atoms with E-state index in [9.17, 15) is 5.11 Å². The van der Waals surface area contributed by atoms with E-state index < -0.39 is 0 Å². The van der Waals surface area contributed by atoms with Crippen LogP contribution in [-0.2, 0) is 6.42 Å². The van der Waals surface area contributed by atoms with Crippen LogP contribution in [0.4, 0.5) is 0 Å². The minimum atomic E-state index is 0.279. The molecule has 1 rings (SSSR count). The van der Waals surface area contributed by atoms with Crippen LogP contribution in [0.25, 0.3) is 0 Å². The van der Waals surface area contributed by atoms with E-state index in [1.165, 1.54) is 89.9 Å². The van der Waals surface area contributed by atoms with Gasteiger partial charge in [-0.05, 0) is 12.8 Å². The van der Waals surface area contributed by atoms with Crippen LogP contribution < -0.4 is 9.47 Å². The minimum absolute atomic E-state index is 0.279. The number of aromatic hydroxyl groups is 1. The van der Waals surface area contributed by atoms with E-state index >= 15 is 0 Å². The maximum atomic E-state index is 10.2. The molecular formula is C25H44O3. The molecule has 0 unspecified atom stereocenters. The molecule has 1 aromatic rings. The highest BCUT2D eigenvalue weighted by atomic mass is 16.5. The Kier molecular flexibility index (Phi) is 14.6. The number of phenolic OH excluding ortho intramolecular Hbond substituents is 1. The van der Waals surface area contributed by atoms with Gasteiger partial charge in [0.25, 0.3) is 0 Å². The molecule has 0 saturated heterocycles. The van der Waals surface area contributed by atoms with Crippen LogP contribution in [0.3, 0.4) is 0 Å². The van der Waals surface area contributed by atoms with Crippen LogP contribution in [0.15, 0.2) is 12.1 Å². The second-order valence-electron chi connectivity index (χ2n) is 8.03. The maximum absolute atomic E-state index is 10.2. The molecule has 0 aromatic heterocycles. The Morgan fingerprint density at radius 1 is 0.643 bits per heavy atom. The van der Waals surface area contributed by atoms with Crippen molar-refractivity contribution in [3.05, 3.63) is 17.7 Å². The Bertz CT molecular complexity index is 499. The summed E-state index contributed by atoms with van der Waals surface area (Å²) in [4.78, 5) is 0. The smallest absolute Gasteiger partial charge is 0.129 e. The van der Waals surface area contributed by atoms with Gasteiger partial charge in [0.15, 0.2) is 0 Å². The van der Waals surface area contributed by atoms with E-state index in [4.69, 9.17) is 9.47 Å². The Labute approximate surface area is 173 Å². The first-order valence-corrected chi connectivity index (χ1v) is 11.7. The molecule has 28 heavy (non-hydrogen) atoms. The standard InChI is InChI=1S/C25H44O3/c1-4-5-6-7-8-9-10-11-12-13-14-15-16-17-18-19-23-24(26)20-22(27-2)21-25(23)28-3/h20-21,26H,4-19H2,1-3H3. The van der Waals surface area contributed by atoms with Crippen molar-refractivity contribution >= 4 is 0 Å². The molecule has 0 heterocycles. The van der Waals surface area contributed by atoms with Crippen LogP contribution in [0.5, 0.6) is 17.2 Å². The molecule has 0 spiro atoms. The Hall–Kier alpha value is -1.38. The van der Waals surface area contributed by atoms with Crippen LogP contribution in [0.1, 0.15) is 109 Å². The summed E-state index contributed by atoms with van der Waals surface area (Å²) in [5.74, 6) is 1.64. The lowest BCUT2D eigenvalue weighted by molar-refractivity contribution is 0.378. The van der Waals surface area contributed by atoms with Gasteiger partial charge in [0.1, 0.15) is 17.2 Å². The third-order valence-electron chi connectivity index (χ3n) is 5.64. The third kappa shape index (κ3) is 10.8. The lowest BCUT2D eigenvalue weighted by Crippen LogP contribution is -1.95. The lowest BCUT2D eigenvalue weighted by atomic mass is 10.0. The van der Waals surface area contributed by atoms with Gasteiger partial charge < -0.3 is 14.6 Å². The molecule has 1 aromatic carbocycles. The summed E-state index contributed by atoms with van der Waals surface area (Å²) in [6, 6.07) is 3.52. The predicted octanol–water partition coefficient (Wildman–Crippen LogP) is 7.82. The summed E-state index contributed by atoms with van der Waals surface area (Å²) < 4.78 is 10.6. The Morgan fingerprint density at radius 2 is 1.11 bits per heavy atom. The summed E-state index contributed by atoms with van der Waals surface area (Å²) in [7, 11) is 3.24. The first-order valence-electron chi connectivity index (χ1n) is 11.7. The average molecular weight is 393 g/mol. The van der Waals surface area contributed by atoms with Gasteiger partial charge in [-0.3, -0.25) is 0 Å². The van der Waals surface area contributed by atoms with E-state index in [0.717, 1.165) is 24.2 Å². The highest BCUT2D eigenvalue weighted by Crippen LogP contribution is 2.34. The largest absolute Gasteiger partial charge is 0.507 e. The molecule has 0 saturated carbocycles. The van der Waals surface area contributed by atoms with Gasteiger partial charge in [-0.25, -0.2) is 0 Å². The molecule has 0 radical (unpaired) electrons. The topological polar surface area (TPSA) is 38.7 Å². The maximum Gasteiger partial charge on any atom is 0.129 e. The quantitative estimate of drug-likeness (QED) is 0.259. The molecule has 162 valence electrons. The van der Waals surface area contributed by atoms with Crippen molar-refractivity contribution in [1.29, 1.82) is 0 Å². The number of ether oxygens (including phenoxy) is 2. The molecule has 0 aliphatic carbocycles. The molecular weight excluding hydrogens is 348 g/mol. The van der Waals surface area contributed by atoms with E-state index in [1.54, 1.807) is 20.3 Å². The van der Waals surface area contributed by atoms with Crippen LogP contribution in [0, 0.1) is 0 Å². The van der Waals surface area contributed by atoms with Gasteiger partial charge in [0, 0.05) is 17.7 Å². The molecule has 0 bridgehead atoms. The van der Waals surface area contributed by atoms with Gasteiger partial charge in [-0.15, -0.1) is 0 Å². The van der Waals surface area contributed by atoms with E-state index in [2.05, 4.69) is 6.92 Å². The molecule has 0 amide bonds. The van der Waals surface area contributed by atoms with Crippen molar-refractivity contribution in [2.45, 2.75) is 110 Å². The van der Waals surface area contributed by atoms with Crippen molar-refractivity contribution in [3.8, 4) is 17.2 Å². The summed E-state index contributed by atoms with van der Waals surface area (Å²) in [6.45, 7) is 2.28. The van der Waals surface area contributed by atoms with Crippen molar-refractivity contribution in [2.75, 3.05) is 14.2 Å². The minimum Gasteiger partial charge on any atom is -0.507 e. The number of benzene rings is 1. The number of hydrogen-bond donors (Lipinski definition) is 1. The monoisotopic (exact) mass is 392 g/mol.